The molecular weight excluding hydrogens is 309 g/mol. The van der Waals surface area contributed by atoms with Gasteiger partial charge in [0.15, 0.2) is 0 Å². The summed E-state index contributed by atoms with van der Waals surface area (Å²) in [7, 11) is 0. The summed E-state index contributed by atoms with van der Waals surface area (Å²) >= 11 is 12.1. The van der Waals surface area contributed by atoms with E-state index < -0.39 is 0 Å². The number of hydrogen-bond acceptors (Lipinski definition) is 4. The molecule has 2 rings (SSSR count). The smallest absolute Gasteiger partial charge is 0.145 e. The molecule has 0 spiro atoms. The number of nitrogens with zero attached hydrogens (tertiary/aromatic N) is 3. The first-order valence-electron chi connectivity index (χ1n) is 6.39. The summed E-state index contributed by atoms with van der Waals surface area (Å²) < 4.78 is 0. The first-order chi connectivity index (χ1) is 9.99. The van der Waals surface area contributed by atoms with Crippen molar-refractivity contribution in [3.05, 3.63) is 57.1 Å². The molecule has 1 heterocycles. The van der Waals surface area contributed by atoms with Crippen molar-refractivity contribution in [2.24, 2.45) is 5.16 Å². The van der Waals surface area contributed by atoms with Gasteiger partial charge < -0.3 is 4.84 Å². The molecule has 1 aromatic heterocycles. The van der Waals surface area contributed by atoms with Crippen molar-refractivity contribution in [3.8, 4) is 0 Å². The lowest BCUT2D eigenvalue weighted by molar-refractivity contribution is 0.130. The molecule has 0 aliphatic heterocycles. The highest BCUT2D eigenvalue weighted by Crippen LogP contribution is 2.25. The predicted molar refractivity (Wildman–Crippen MR) is 85.0 cm³/mol. The van der Waals surface area contributed by atoms with Crippen LogP contribution < -0.4 is 0 Å². The third-order valence-corrected chi connectivity index (χ3v) is 3.67. The molecule has 0 aliphatic rings. The van der Waals surface area contributed by atoms with Gasteiger partial charge in [0, 0.05) is 27.4 Å². The van der Waals surface area contributed by atoms with Crippen LogP contribution in [0.5, 0.6) is 0 Å². The molecule has 0 saturated heterocycles. The van der Waals surface area contributed by atoms with Crippen LogP contribution in [0.1, 0.15) is 29.6 Å². The Kier molecular flexibility index (Phi) is 5.15. The van der Waals surface area contributed by atoms with E-state index in [9.17, 15) is 0 Å². The van der Waals surface area contributed by atoms with E-state index in [4.69, 9.17) is 28.0 Å². The van der Waals surface area contributed by atoms with Crippen molar-refractivity contribution in [2.45, 2.75) is 27.4 Å². The van der Waals surface area contributed by atoms with Gasteiger partial charge >= 0.3 is 0 Å². The van der Waals surface area contributed by atoms with Gasteiger partial charge in [-0.15, -0.1) is 0 Å². The minimum atomic E-state index is 0.210. The summed E-state index contributed by atoms with van der Waals surface area (Å²) in [6.07, 6.45) is 1.74. The molecule has 0 N–H and O–H groups in total. The monoisotopic (exact) mass is 323 g/mol. The Bertz CT molecular complexity index is 666. The van der Waals surface area contributed by atoms with Gasteiger partial charge in [0.1, 0.15) is 12.4 Å². The molecule has 0 bridgehead atoms. The minimum Gasteiger partial charge on any atom is -0.391 e. The number of aryl methyl sites for hydroxylation is 2. The van der Waals surface area contributed by atoms with Crippen molar-refractivity contribution in [1.82, 2.24) is 9.97 Å². The molecule has 110 valence electrons. The molecular formula is C15H15Cl2N3O. The normalized spacial score (nSPS) is 11.6. The molecule has 0 unspecified atom stereocenters. The van der Waals surface area contributed by atoms with Gasteiger partial charge in [0.05, 0.1) is 11.4 Å². The lowest BCUT2D eigenvalue weighted by Crippen LogP contribution is -2.04. The van der Waals surface area contributed by atoms with Crippen LogP contribution in [0.2, 0.25) is 10.0 Å². The molecule has 21 heavy (non-hydrogen) atoms. The lowest BCUT2D eigenvalue weighted by atomic mass is 10.2. The van der Waals surface area contributed by atoms with Gasteiger partial charge in [-0.25, -0.2) is 9.97 Å². The fraction of sp³-hybridized carbons (Fsp3) is 0.267. The molecule has 0 fully saturated rings. The van der Waals surface area contributed by atoms with E-state index in [-0.39, 0.29) is 6.61 Å². The number of aromatic nitrogens is 2. The van der Waals surface area contributed by atoms with E-state index in [1.807, 2.05) is 20.8 Å². The highest BCUT2D eigenvalue weighted by molar-refractivity contribution is 6.35. The second kappa shape index (κ2) is 6.87. The van der Waals surface area contributed by atoms with E-state index >= 15 is 0 Å². The molecule has 1 aromatic carbocycles. The Labute approximate surface area is 133 Å². The zero-order chi connectivity index (χ0) is 15.4. The van der Waals surface area contributed by atoms with Crippen LogP contribution in [0.3, 0.4) is 0 Å². The maximum absolute atomic E-state index is 6.07. The molecule has 0 atom stereocenters. The topological polar surface area (TPSA) is 47.4 Å². The molecule has 0 aliphatic carbocycles. The Balaban J connectivity index is 2.11. The molecule has 0 amide bonds. The van der Waals surface area contributed by atoms with E-state index in [2.05, 4.69) is 15.1 Å². The zero-order valence-electron chi connectivity index (χ0n) is 12.0. The maximum Gasteiger partial charge on any atom is 0.145 e. The highest BCUT2D eigenvalue weighted by atomic mass is 35.5. The zero-order valence-corrected chi connectivity index (χ0v) is 13.5. The van der Waals surface area contributed by atoms with Crippen LogP contribution in [0.25, 0.3) is 0 Å². The van der Waals surface area contributed by atoms with E-state index in [0.29, 0.717) is 21.3 Å². The fourth-order valence-corrected chi connectivity index (χ4v) is 2.36. The van der Waals surface area contributed by atoms with Crippen LogP contribution in [-0.4, -0.2) is 15.7 Å². The van der Waals surface area contributed by atoms with Crippen molar-refractivity contribution < 1.29 is 4.84 Å². The van der Waals surface area contributed by atoms with Crippen molar-refractivity contribution in [2.75, 3.05) is 0 Å². The Morgan fingerprint density at radius 2 is 1.90 bits per heavy atom. The fourth-order valence-electron chi connectivity index (χ4n) is 1.85. The lowest BCUT2D eigenvalue weighted by Gasteiger charge is -2.07. The quantitative estimate of drug-likeness (QED) is 0.621. The average Bonchev–Trinajstić information content (AvgIpc) is 2.42. The first-order valence-corrected chi connectivity index (χ1v) is 7.14. The maximum atomic E-state index is 6.07. The van der Waals surface area contributed by atoms with Gasteiger partial charge in [-0.2, -0.15) is 0 Å². The number of oxime groups is 1. The summed E-state index contributed by atoms with van der Waals surface area (Å²) in [4.78, 5) is 13.8. The van der Waals surface area contributed by atoms with Gasteiger partial charge in [-0.1, -0.05) is 34.4 Å². The van der Waals surface area contributed by atoms with Crippen LogP contribution in [0.15, 0.2) is 29.6 Å². The molecule has 0 radical (unpaired) electrons. The highest BCUT2D eigenvalue weighted by Gasteiger charge is 2.07. The molecule has 4 nitrogen and oxygen atoms in total. The van der Waals surface area contributed by atoms with E-state index in [0.717, 1.165) is 17.1 Å². The molecule has 6 heteroatoms. The largest absolute Gasteiger partial charge is 0.391 e. The first kappa shape index (κ1) is 15.7. The number of hydrogen-bond donors (Lipinski definition) is 0. The van der Waals surface area contributed by atoms with Gasteiger partial charge in [-0.3, -0.25) is 0 Å². The van der Waals surface area contributed by atoms with E-state index in [1.165, 1.54) is 0 Å². The van der Waals surface area contributed by atoms with Gasteiger partial charge in [-0.05, 0) is 32.9 Å². The Hall–Kier alpha value is -1.65. The second-order valence-electron chi connectivity index (χ2n) is 4.57. The third-order valence-electron chi connectivity index (χ3n) is 2.96. The average molecular weight is 324 g/mol. The summed E-state index contributed by atoms with van der Waals surface area (Å²) in [5.41, 5.74) is 3.14. The van der Waals surface area contributed by atoms with E-state index in [1.54, 1.807) is 24.4 Å². The van der Waals surface area contributed by atoms with Crippen LogP contribution in [-0.2, 0) is 11.4 Å². The van der Waals surface area contributed by atoms with Gasteiger partial charge in [0.2, 0.25) is 0 Å². The summed E-state index contributed by atoms with van der Waals surface area (Å²) in [6, 6.07) is 5.32. The molecule has 2 aromatic rings. The van der Waals surface area contributed by atoms with Crippen LogP contribution >= 0.6 is 23.2 Å². The van der Waals surface area contributed by atoms with Crippen molar-refractivity contribution >= 4 is 28.9 Å². The van der Waals surface area contributed by atoms with Crippen LogP contribution in [0.4, 0.5) is 0 Å². The standard InChI is InChI=1S/C15H15Cl2N3O/c1-9-12(7-18-11(3)19-9)10(2)20-21-8-13-14(16)5-4-6-15(13)17/h4-7H,8H2,1-3H3/b20-10+. The van der Waals surface area contributed by atoms with Gasteiger partial charge in [0.25, 0.3) is 0 Å². The minimum absolute atomic E-state index is 0.210. The summed E-state index contributed by atoms with van der Waals surface area (Å²) in [5, 5.41) is 5.20. The van der Waals surface area contributed by atoms with Crippen molar-refractivity contribution in [3.63, 3.8) is 0 Å². The number of rotatable bonds is 4. The second-order valence-corrected chi connectivity index (χ2v) is 5.38. The molecule has 0 saturated carbocycles. The summed E-state index contributed by atoms with van der Waals surface area (Å²) in [5.74, 6) is 0.729. The number of benzene rings is 1. The summed E-state index contributed by atoms with van der Waals surface area (Å²) in [6.45, 7) is 5.81. The van der Waals surface area contributed by atoms with Crippen LogP contribution in [0, 0.1) is 13.8 Å². The number of halogens is 2. The third kappa shape index (κ3) is 3.93. The SMILES string of the molecule is C/C(=N\OCc1c(Cl)cccc1Cl)c1cnc(C)nc1C. The van der Waals surface area contributed by atoms with Crippen molar-refractivity contribution in [1.29, 1.82) is 0 Å². The Morgan fingerprint density at radius 1 is 1.24 bits per heavy atom. The Morgan fingerprint density at radius 3 is 2.52 bits per heavy atom. The predicted octanol–water partition coefficient (Wildman–Crippen LogP) is 4.34.